The number of H-pyrrole nitrogens is 1. The molecule has 1 aliphatic rings. The number of carbonyl (C=O) groups is 1. The number of aromatic amines is 1. The Balaban J connectivity index is 1.36. The van der Waals surface area contributed by atoms with Gasteiger partial charge >= 0.3 is 0 Å². The van der Waals surface area contributed by atoms with Gasteiger partial charge in [-0.1, -0.05) is 35.9 Å². The number of nitrogens with one attached hydrogen (secondary N) is 3. The number of hydrogen-bond acceptors (Lipinski definition) is 4. The van der Waals surface area contributed by atoms with Gasteiger partial charge in [0.15, 0.2) is 11.5 Å². The normalized spacial score (nSPS) is 12.7. The van der Waals surface area contributed by atoms with Crippen LogP contribution in [0.1, 0.15) is 27.0 Å². The molecule has 34 heavy (non-hydrogen) atoms. The van der Waals surface area contributed by atoms with E-state index in [-0.39, 0.29) is 12.7 Å². The van der Waals surface area contributed by atoms with Crippen LogP contribution >= 0.6 is 0 Å². The minimum atomic E-state index is -0.276. The van der Waals surface area contributed by atoms with Crippen molar-refractivity contribution < 1.29 is 14.3 Å². The fourth-order valence-electron chi connectivity index (χ4n) is 4.04. The summed E-state index contributed by atoms with van der Waals surface area (Å²) in [6.07, 6.45) is 2.75. The molecule has 0 fully saturated rings. The third-order valence-electron chi connectivity index (χ3n) is 5.83. The van der Waals surface area contributed by atoms with Crippen molar-refractivity contribution in [2.75, 3.05) is 18.7 Å². The Labute approximate surface area is 197 Å². The van der Waals surface area contributed by atoms with Gasteiger partial charge in [-0.3, -0.25) is 15.1 Å². The Bertz CT molecular complexity index is 1390. The van der Waals surface area contributed by atoms with Crippen LogP contribution in [0.3, 0.4) is 0 Å². The van der Waals surface area contributed by atoms with Gasteiger partial charge in [0.25, 0.3) is 5.91 Å². The summed E-state index contributed by atoms with van der Waals surface area (Å²) in [5.74, 6) is 1.32. The van der Waals surface area contributed by atoms with Crippen molar-refractivity contribution >= 4 is 28.5 Å². The molecule has 4 aromatic rings. The van der Waals surface area contributed by atoms with Crippen molar-refractivity contribution in [3.05, 3.63) is 89.1 Å². The maximum atomic E-state index is 13.0. The number of amides is 1. The molecule has 7 nitrogen and oxygen atoms in total. The van der Waals surface area contributed by atoms with Crippen LogP contribution in [0, 0.1) is 13.8 Å². The minimum absolute atomic E-state index is 0.162. The summed E-state index contributed by atoms with van der Waals surface area (Å²) in [4.78, 5) is 21.0. The molecule has 172 valence electrons. The Morgan fingerprint density at radius 2 is 1.88 bits per heavy atom. The first kappa shape index (κ1) is 21.6. The van der Waals surface area contributed by atoms with Crippen LogP contribution in [0.15, 0.2) is 71.9 Å². The van der Waals surface area contributed by atoms with E-state index in [1.807, 2.05) is 44.3 Å². The molecule has 0 unspecified atom stereocenters. The highest BCUT2D eigenvalue weighted by Crippen LogP contribution is 2.32. The van der Waals surface area contributed by atoms with Crippen LogP contribution in [0.5, 0.6) is 11.5 Å². The molecule has 0 radical (unpaired) electrons. The Morgan fingerprint density at radius 3 is 2.76 bits per heavy atom. The van der Waals surface area contributed by atoms with E-state index >= 15 is 0 Å². The van der Waals surface area contributed by atoms with Crippen LogP contribution < -0.4 is 20.1 Å². The van der Waals surface area contributed by atoms with Gasteiger partial charge < -0.3 is 19.8 Å². The molecule has 1 aromatic heterocycles. The monoisotopic (exact) mass is 454 g/mol. The molecule has 3 aromatic carbocycles. The lowest BCUT2D eigenvalue weighted by atomic mass is 10.1. The maximum absolute atomic E-state index is 13.0. The van der Waals surface area contributed by atoms with E-state index in [9.17, 15) is 4.79 Å². The summed E-state index contributed by atoms with van der Waals surface area (Å²) >= 11 is 0. The van der Waals surface area contributed by atoms with Crippen LogP contribution in [-0.4, -0.2) is 30.2 Å². The van der Waals surface area contributed by atoms with Crippen LogP contribution in [-0.2, 0) is 6.42 Å². The molecule has 2 heterocycles. The summed E-state index contributed by atoms with van der Waals surface area (Å²) in [6, 6.07) is 19.4. The first-order valence-electron chi connectivity index (χ1n) is 11.2. The van der Waals surface area contributed by atoms with Crippen molar-refractivity contribution in [1.29, 1.82) is 0 Å². The topological polar surface area (TPSA) is 87.7 Å². The van der Waals surface area contributed by atoms with Gasteiger partial charge in [-0.05, 0) is 61.7 Å². The number of anilines is 1. The summed E-state index contributed by atoms with van der Waals surface area (Å²) in [6.45, 7) is 4.75. The average Bonchev–Trinajstić information content (AvgIpc) is 3.47. The molecule has 0 aliphatic carbocycles. The molecule has 3 N–H and O–H groups in total. The molecular weight excluding hydrogens is 428 g/mol. The van der Waals surface area contributed by atoms with Crippen molar-refractivity contribution in [1.82, 2.24) is 10.3 Å². The standard InChI is InChI=1S/C27H26N4O3/c1-17-7-9-22(18(2)13-17)30-27(28-12-11-20-15-29-23-6-4-3-5-21(20)23)31-26(32)19-8-10-24-25(14-19)34-16-33-24/h3-10,13-15,29H,11-12,16H2,1-2H3,(H2,28,30,31,32). The second-order valence-electron chi connectivity index (χ2n) is 8.31. The van der Waals surface area contributed by atoms with Crippen LogP contribution in [0.25, 0.3) is 10.9 Å². The number of rotatable bonds is 5. The lowest BCUT2D eigenvalue weighted by molar-refractivity contribution is 0.0976. The predicted octanol–water partition coefficient (Wildman–Crippen LogP) is 4.95. The zero-order valence-electron chi connectivity index (χ0n) is 19.1. The second-order valence-corrected chi connectivity index (χ2v) is 8.31. The number of hydrogen-bond donors (Lipinski definition) is 3. The fourth-order valence-corrected chi connectivity index (χ4v) is 4.04. The van der Waals surface area contributed by atoms with Crippen molar-refractivity contribution in [2.24, 2.45) is 4.99 Å². The average molecular weight is 455 g/mol. The number of benzene rings is 3. The number of carbonyl (C=O) groups excluding carboxylic acids is 1. The number of aryl methyl sites for hydroxylation is 2. The lowest BCUT2D eigenvalue weighted by Gasteiger charge is -2.14. The van der Waals surface area contributed by atoms with Crippen LogP contribution in [0.4, 0.5) is 5.69 Å². The molecule has 0 saturated heterocycles. The summed E-state index contributed by atoms with van der Waals surface area (Å²) in [7, 11) is 0. The molecule has 0 saturated carbocycles. The molecule has 5 rings (SSSR count). The summed E-state index contributed by atoms with van der Waals surface area (Å²) < 4.78 is 10.7. The molecular formula is C27H26N4O3. The number of ether oxygens (including phenoxy) is 2. The number of para-hydroxylation sites is 1. The van der Waals surface area contributed by atoms with Gasteiger partial charge in [0, 0.05) is 34.9 Å². The van der Waals surface area contributed by atoms with E-state index in [0.29, 0.717) is 29.6 Å². The second kappa shape index (κ2) is 9.31. The number of nitrogens with zero attached hydrogens (tertiary/aromatic N) is 1. The van der Waals surface area contributed by atoms with E-state index in [4.69, 9.17) is 14.5 Å². The van der Waals surface area contributed by atoms with Crippen molar-refractivity contribution in [3.8, 4) is 11.5 Å². The Morgan fingerprint density at radius 1 is 1.03 bits per heavy atom. The number of guanidine groups is 1. The number of aliphatic imine (C=N–C) groups is 1. The fraction of sp³-hybridized carbons (Fsp3) is 0.185. The SMILES string of the molecule is Cc1ccc(NC(=NCCc2c[nH]c3ccccc23)NC(=O)c2ccc3c(c2)OCO3)c(C)c1. The van der Waals surface area contributed by atoms with Gasteiger partial charge in [-0.15, -0.1) is 0 Å². The highest BCUT2D eigenvalue weighted by atomic mass is 16.7. The zero-order chi connectivity index (χ0) is 23.5. The first-order valence-corrected chi connectivity index (χ1v) is 11.2. The van der Waals surface area contributed by atoms with Gasteiger partial charge in [-0.25, -0.2) is 0 Å². The third kappa shape index (κ3) is 4.59. The third-order valence-corrected chi connectivity index (χ3v) is 5.83. The van der Waals surface area contributed by atoms with Gasteiger partial charge in [0.1, 0.15) is 0 Å². The number of fused-ring (bicyclic) bond motifs is 2. The Hall–Kier alpha value is -4.26. The lowest BCUT2D eigenvalue weighted by Crippen LogP contribution is -2.36. The van der Waals surface area contributed by atoms with E-state index in [1.165, 1.54) is 16.5 Å². The van der Waals surface area contributed by atoms with Gasteiger partial charge in [0.05, 0.1) is 0 Å². The first-order chi connectivity index (χ1) is 16.6. The molecule has 0 spiro atoms. The number of aromatic nitrogens is 1. The maximum Gasteiger partial charge on any atom is 0.258 e. The van der Waals surface area contributed by atoms with Gasteiger partial charge in [-0.2, -0.15) is 0 Å². The van der Waals surface area contributed by atoms with Crippen LogP contribution in [0.2, 0.25) is 0 Å². The van der Waals surface area contributed by atoms with E-state index in [1.54, 1.807) is 18.2 Å². The molecule has 0 bridgehead atoms. The molecule has 7 heteroatoms. The van der Waals surface area contributed by atoms with E-state index < -0.39 is 0 Å². The molecule has 0 atom stereocenters. The van der Waals surface area contributed by atoms with Gasteiger partial charge in [0.2, 0.25) is 12.8 Å². The van der Waals surface area contributed by atoms with E-state index in [2.05, 4.69) is 33.8 Å². The van der Waals surface area contributed by atoms with Crippen molar-refractivity contribution in [3.63, 3.8) is 0 Å². The highest BCUT2D eigenvalue weighted by Gasteiger charge is 2.17. The predicted molar refractivity (Wildman–Crippen MR) is 134 cm³/mol. The molecule has 1 amide bonds. The smallest absolute Gasteiger partial charge is 0.258 e. The largest absolute Gasteiger partial charge is 0.454 e. The minimum Gasteiger partial charge on any atom is -0.454 e. The summed E-state index contributed by atoms with van der Waals surface area (Å²) in [5.41, 5.74) is 5.89. The Kier molecular flexibility index (Phi) is 5.91. The quantitative estimate of drug-likeness (QED) is 0.294. The zero-order valence-corrected chi connectivity index (χ0v) is 19.1. The summed E-state index contributed by atoms with van der Waals surface area (Å²) in [5, 5.41) is 7.41. The highest BCUT2D eigenvalue weighted by molar-refractivity contribution is 6.10. The van der Waals surface area contributed by atoms with Crippen molar-refractivity contribution in [2.45, 2.75) is 20.3 Å². The van der Waals surface area contributed by atoms with E-state index in [0.717, 1.165) is 23.2 Å². The molecule has 1 aliphatic heterocycles.